The van der Waals surface area contributed by atoms with Gasteiger partial charge in [0.25, 0.3) is 0 Å². The summed E-state index contributed by atoms with van der Waals surface area (Å²) < 4.78 is 5.39. The number of nitrogens with zero attached hydrogens (tertiary/aromatic N) is 2. The van der Waals surface area contributed by atoms with Gasteiger partial charge in [0.2, 0.25) is 0 Å². The molecule has 0 N–H and O–H groups in total. The number of Topliss-reactive ketones (excluding diaryl/α,β-unsaturated/α-hetero) is 3. The average Bonchev–Trinajstić information content (AvgIpc) is 3.43. The topological polar surface area (TPSA) is 76.0 Å². The Morgan fingerprint density at radius 2 is 1.48 bits per heavy atom. The van der Waals surface area contributed by atoms with Crippen LogP contribution in [0.4, 0.5) is 0 Å². The second-order valence-corrected chi connectivity index (χ2v) is 10.7. The van der Waals surface area contributed by atoms with Crippen LogP contribution in [0.2, 0.25) is 5.02 Å². The molecule has 3 aliphatic rings. The first-order chi connectivity index (χ1) is 19.5. The normalized spacial score (nSPS) is 21.8. The molecule has 0 unspecified atom stereocenters. The Morgan fingerprint density at radius 3 is 2.12 bits per heavy atom. The highest BCUT2D eigenvalue weighted by Crippen LogP contribution is 2.64. The fraction of sp³-hybridized carbons (Fsp3) is 0.152. The van der Waals surface area contributed by atoms with E-state index >= 15 is 0 Å². The van der Waals surface area contributed by atoms with Gasteiger partial charge in [-0.25, -0.2) is 0 Å². The molecule has 2 aliphatic heterocycles. The van der Waals surface area contributed by atoms with Crippen LogP contribution >= 0.6 is 11.6 Å². The van der Waals surface area contributed by atoms with E-state index in [9.17, 15) is 14.4 Å². The number of rotatable bonds is 4. The van der Waals surface area contributed by atoms with Crippen LogP contribution < -0.4 is 4.74 Å². The summed E-state index contributed by atoms with van der Waals surface area (Å²) >= 11 is 6.14. The first-order valence-electron chi connectivity index (χ1n) is 13.0. The molecule has 0 radical (unpaired) electrons. The zero-order chi connectivity index (χ0) is 27.6. The van der Waals surface area contributed by atoms with Crippen LogP contribution in [0.1, 0.15) is 59.7 Å². The third-order valence-electron chi connectivity index (χ3n) is 8.45. The van der Waals surface area contributed by atoms with Crippen molar-refractivity contribution < 1.29 is 19.1 Å². The van der Waals surface area contributed by atoms with Crippen LogP contribution in [0.15, 0.2) is 102 Å². The van der Waals surface area contributed by atoms with Gasteiger partial charge in [-0.05, 0) is 53.1 Å². The molecule has 4 aromatic carbocycles. The highest BCUT2D eigenvalue weighted by molar-refractivity contribution is 6.32. The van der Waals surface area contributed by atoms with Crippen molar-refractivity contribution in [1.29, 1.82) is 0 Å². The minimum atomic E-state index is -1.61. The summed E-state index contributed by atoms with van der Waals surface area (Å²) in [4.78, 5) is 43.9. The molecule has 7 rings (SSSR count). The standard InChI is InChI=1S/C33H23ClN2O4/c1-40-23-16-12-19(13-17-23)27-28(29(37)20-10-14-22(34)15-11-20)36-30(24-7-3-2-6-21(24)18-35-36)33(27)31(38)25-8-4-5-9-26(25)32(33)39/h2-18,27-28,30H,1H3/t27-,28-,30+/m1/s1. The maximum Gasteiger partial charge on any atom is 0.187 e. The minimum absolute atomic E-state index is 0.243. The molecule has 3 atom stereocenters. The number of hydrogen-bond donors (Lipinski definition) is 0. The van der Waals surface area contributed by atoms with Crippen molar-refractivity contribution in [2.75, 3.05) is 7.11 Å². The van der Waals surface area contributed by atoms with Gasteiger partial charge in [-0.2, -0.15) is 5.10 Å². The Balaban J connectivity index is 1.54. The number of ether oxygens (including phenoxy) is 1. The number of carbonyl (C=O) groups is 3. The van der Waals surface area contributed by atoms with E-state index in [4.69, 9.17) is 21.4 Å². The molecule has 0 aromatic heterocycles. The van der Waals surface area contributed by atoms with Crippen molar-refractivity contribution in [3.05, 3.63) is 135 Å². The van der Waals surface area contributed by atoms with Crippen LogP contribution in [0.3, 0.4) is 0 Å². The lowest BCUT2D eigenvalue weighted by molar-refractivity contribution is 0.0586. The lowest BCUT2D eigenvalue weighted by Crippen LogP contribution is -2.43. The fourth-order valence-corrected chi connectivity index (χ4v) is 6.87. The number of benzene rings is 4. The average molecular weight is 547 g/mol. The maximum atomic E-state index is 14.7. The molecule has 2 heterocycles. The number of ketones is 3. The van der Waals surface area contributed by atoms with Crippen LogP contribution in [0.5, 0.6) is 5.75 Å². The largest absolute Gasteiger partial charge is 0.497 e. The van der Waals surface area contributed by atoms with Gasteiger partial charge in [-0.3, -0.25) is 19.4 Å². The number of hydrazone groups is 1. The Morgan fingerprint density at radius 1 is 0.850 bits per heavy atom. The zero-order valence-corrected chi connectivity index (χ0v) is 22.2. The summed E-state index contributed by atoms with van der Waals surface area (Å²) in [5.74, 6) is -1.02. The lowest BCUT2D eigenvalue weighted by atomic mass is 9.63. The monoisotopic (exact) mass is 546 g/mol. The van der Waals surface area contributed by atoms with E-state index in [0.717, 1.165) is 11.1 Å². The minimum Gasteiger partial charge on any atom is -0.497 e. The molecule has 40 heavy (non-hydrogen) atoms. The van der Waals surface area contributed by atoms with E-state index in [2.05, 4.69) is 0 Å². The van der Waals surface area contributed by atoms with Crippen molar-refractivity contribution in [1.82, 2.24) is 5.01 Å². The Bertz CT molecular complexity index is 1690. The summed E-state index contributed by atoms with van der Waals surface area (Å²) in [7, 11) is 1.57. The van der Waals surface area contributed by atoms with Crippen molar-refractivity contribution in [2.45, 2.75) is 18.0 Å². The lowest BCUT2D eigenvalue weighted by Gasteiger charge is -2.36. The quantitative estimate of drug-likeness (QED) is 0.226. The molecule has 196 valence electrons. The van der Waals surface area contributed by atoms with Crippen LogP contribution in [0, 0.1) is 5.41 Å². The van der Waals surface area contributed by atoms with Gasteiger partial charge in [0, 0.05) is 27.6 Å². The predicted octanol–water partition coefficient (Wildman–Crippen LogP) is 6.15. The molecule has 7 heteroatoms. The summed E-state index contributed by atoms with van der Waals surface area (Å²) in [6, 6.07) is 26.8. The van der Waals surface area contributed by atoms with Gasteiger partial charge < -0.3 is 4.74 Å². The van der Waals surface area contributed by atoms with Crippen LogP contribution in [-0.4, -0.2) is 41.7 Å². The molecule has 0 bridgehead atoms. The van der Waals surface area contributed by atoms with E-state index in [0.29, 0.717) is 33.0 Å². The molecular weight excluding hydrogens is 524 g/mol. The molecule has 6 nitrogen and oxygen atoms in total. The van der Waals surface area contributed by atoms with Gasteiger partial charge >= 0.3 is 0 Å². The highest BCUT2D eigenvalue weighted by Gasteiger charge is 2.72. The number of methoxy groups -OCH3 is 1. The molecule has 1 aliphatic carbocycles. The third-order valence-corrected chi connectivity index (χ3v) is 8.70. The Hall–Kier alpha value is -4.55. The number of hydrogen-bond acceptors (Lipinski definition) is 6. The van der Waals surface area contributed by atoms with Crippen LogP contribution in [-0.2, 0) is 0 Å². The summed E-state index contributed by atoms with van der Waals surface area (Å²) in [5.41, 5.74) is 1.84. The Labute approximate surface area is 235 Å². The fourth-order valence-electron chi connectivity index (χ4n) is 6.75. The van der Waals surface area contributed by atoms with Crippen molar-refractivity contribution in [3.8, 4) is 5.75 Å². The SMILES string of the molecule is COc1ccc([C@@H]2[C@H](C(=O)c3ccc(Cl)cc3)N3N=Cc4ccccc4[C@H]3C23C(=O)c2ccccc2C3=O)cc1. The summed E-state index contributed by atoms with van der Waals surface area (Å²) in [6.45, 7) is 0. The van der Waals surface area contributed by atoms with E-state index in [1.807, 2.05) is 36.4 Å². The van der Waals surface area contributed by atoms with Crippen molar-refractivity contribution >= 4 is 35.2 Å². The third kappa shape index (κ3) is 3.23. The molecule has 1 fully saturated rings. The second-order valence-electron chi connectivity index (χ2n) is 10.3. The van der Waals surface area contributed by atoms with Crippen LogP contribution in [0.25, 0.3) is 0 Å². The molecule has 1 spiro atoms. The molecule has 0 saturated carbocycles. The summed E-state index contributed by atoms with van der Waals surface area (Å²) in [6.07, 6.45) is 1.70. The van der Waals surface area contributed by atoms with Crippen molar-refractivity contribution in [3.63, 3.8) is 0 Å². The van der Waals surface area contributed by atoms with E-state index in [1.165, 1.54) is 0 Å². The predicted molar refractivity (Wildman–Crippen MR) is 151 cm³/mol. The second kappa shape index (κ2) is 9.00. The van der Waals surface area contributed by atoms with Gasteiger partial charge in [0.15, 0.2) is 17.3 Å². The van der Waals surface area contributed by atoms with E-state index in [-0.39, 0.29) is 17.3 Å². The number of halogens is 1. The summed E-state index contributed by atoms with van der Waals surface area (Å²) in [5, 5.41) is 6.97. The number of carbonyl (C=O) groups excluding carboxylic acids is 3. The van der Waals surface area contributed by atoms with Gasteiger partial charge in [0.05, 0.1) is 19.4 Å². The van der Waals surface area contributed by atoms with Gasteiger partial charge in [0.1, 0.15) is 17.2 Å². The zero-order valence-electron chi connectivity index (χ0n) is 21.5. The number of fused-ring (bicyclic) bond motifs is 5. The van der Waals surface area contributed by atoms with Gasteiger partial charge in [-0.1, -0.05) is 72.3 Å². The highest BCUT2D eigenvalue weighted by atomic mass is 35.5. The first-order valence-corrected chi connectivity index (χ1v) is 13.4. The molecule has 1 saturated heterocycles. The van der Waals surface area contributed by atoms with E-state index in [1.54, 1.807) is 79.0 Å². The molecule has 4 aromatic rings. The van der Waals surface area contributed by atoms with Gasteiger partial charge in [-0.15, -0.1) is 0 Å². The smallest absolute Gasteiger partial charge is 0.187 e. The first kappa shape index (κ1) is 24.5. The van der Waals surface area contributed by atoms with Crippen molar-refractivity contribution in [2.24, 2.45) is 10.5 Å². The molecular formula is C33H23ClN2O4. The Kier molecular flexibility index (Phi) is 5.51. The van der Waals surface area contributed by atoms with E-state index < -0.39 is 23.4 Å². The molecule has 0 amide bonds. The maximum absolute atomic E-state index is 14.7.